The van der Waals surface area contributed by atoms with E-state index in [0.29, 0.717) is 23.6 Å². The zero-order valence-corrected chi connectivity index (χ0v) is 15.2. The van der Waals surface area contributed by atoms with E-state index in [0.717, 1.165) is 10.0 Å². The minimum absolute atomic E-state index is 0.110. The van der Waals surface area contributed by atoms with Gasteiger partial charge in [-0.15, -0.1) is 0 Å². The highest BCUT2D eigenvalue weighted by molar-refractivity contribution is 9.10. The fourth-order valence-corrected chi connectivity index (χ4v) is 2.60. The molecule has 0 aromatic heterocycles. The van der Waals surface area contributed by atoms with Crippen molar-refractivity contribution in [2.45, 2.75) is 6.54 Å². The average Bonchev–Trinajstić information content (AvgIpc) is 2.61. The minimum Gasteiger partial charge on any atom is -0.497 e. The normalized spacial score (nSPS) is 10.3. The summed E-state index contributed by atoms with van der Waals surface area (Å²) in [5.41, 5.74) is 1.41. The predicted octanol–water partition coefficient (Wildman–Crippen LogP) is 3.10. The summed E-state index contributed by atoms with van der Waals surface area (Å²) in [5.74, 6) is 1.18. The molecular formula is C18H20BrNO4. The van der Waals surface area contributed by atoms with Gasteiger partial charge in [-0.1, -0.05) is 15.9 Å². The lowest BCUT2D eigenvalue weighted by Crippen LogP contribution is -2.33. The van der Waals surface area contributed by atoms with Gasteiger partial charge in [-0.25, -0.2) is 0 Å². The lowest BCUT2D eigenvalue weighted by molar-refractivity contribution is 0.0706. The van der Waals surface area contributed by atoms with Crippen molar-refractivity contribution < 1.29 is 19.4 Å². The first kappa shape index (κ1) is 18.3. The van der Waals surface area contributed by atoms with Gasteiger partial charge < -0.3 is 19.5 Å². The Morgan fingerprint density at radius 2 is 1.83 bits per heavy atom. The maximum atomic E-state index is 12.7. The molecular weight excluding hydrogens is 374 g/mol. The van der Waals surface area contributed by atoms with Crippen LogP contribution in [0.25, 0.3) is 0 Å². The molecule has 0 saturated heterocycles. The largest absolute Gasteiger partial charge is 0.497 e. The summed E-state index contributed by atoms with van der Waals surface area (Å²) >= 11 is 3.36. The van der Waals surface area contributed by atoms with Crippen LogP contribution in [0.5, 0.6) is 11.5 Å². The molecule has 5 nitrogen and oxygen atoms in total. The first-order valence-electron chi connectivity index (χ1n) is 7.45. The van der Waals surface area contributed by atoms with Gasteiger partial charge in [0.25, 0.3) is 5.91 Å². The summed E-state index contributed by atoms with van der Waals surface area (Å²) in [6.07, 6.45) is 0. The van der Waals surface area contributed by atoms with Crippen LogP contribution < -0.4 is 9.47 Å². The minimum atomic E-state index is -0.144. The quantitative estimate of drug-likeness (QED) is 0.784. The van der Waals surface area contributed by atoms with Crippen LogP contribution in [-0.4, -0.2) is 43.3 Å². The van der Waals surface area contributed by atoms with E-state index in [9.17, 15) is 9.90 Å². The Bertz CT molecular complexity index is 688. The van der Waals surface area contributed by atoms with Crippen LogP contribution in [0.1, 0.15) is 15.9 Å². The molecule has 2 rings (SSSR count). The van der Waals surface area contributed by atoms with Crippen LogP contribution in [0, 0.1) is 0 Å². The second-order valence-electron chi connectivity index (χ2n) is 5.13. The molecule has 0 aliphatic rings. The smallest absolute Gasteiger partial charge is 0.254 e. The van der Waals surface area contributed by atoms with Crippen LogP contribution in [0.15, 0.2) is 46.9 Å². The topological polar surface area (TPSA) is 59.0 Å². The first-order valence-corrected chi connectivity index (χ1v) is 8.25. The number of amides is 1. The zero-order valence-electron chi connectivity index (χ0n) is 13.7. The summed E-state index contributed by atoms with van der Waals surface area (Å²) in [6.45, 7) is 0.466. The van der Waals surface area contributed by atoms with Gasteiger partial charge in [0.1, 0.15) is 11.5 Å². The number of rotatable bonds is 7. The van der Waals surface area contributed by atoms with E-state index in [4.69, 9.17) is 9.47 Å². The number of benzene rings is 2. The fraction of sp³-hybridized carbons (Fsp3) is 0.278. The van der Waals surface area contributed by atoms with E-state index < -0.39 is 0 Å². The molecule has 0 bridgehead atoms. The van der Waals surface area contributed by atoms with Crippen LogP contribution in [0.4, 0.5) is 0 Å². The van der Waals surface area contributed by atoms with Gasteiger partial charge in [0.05, 0.1) is 20.8 Å². The molecule has 0 radical (unpaired) electrons. The Hall–Kier alpha value is -2.05. The number of carbonyl (C=O) groups is 1. The van der Waals surface area contributed by atoms with Gasteiger partial charge in [0.2, 0.25) is 0 Å². The van der Waals surface area contributed by atoms with E-state index in [1.54, 1.807) is 37.3 Å². The maximum absolute atomic E-state index is 12.7. The SMILES string of the molecule is COc1ccc(CN(CCO)C(=O)c2ccc(Br)cc2)c(OC)c1. The first-order chi connectivity index (χ1) is 11.6. The third-order valence-electron chi connectivity index (χ3n) is 3.60. The standard InChI is InChI=1S/C18H20BrNO4/c1-23-16-8-5-14(17(11-16)24-2)12-20(9-10-21)18(22)13-3-6-15(19)7-4-13/h3-8,11,21H,9-10,12H2,1-2H3. The number of hydrogen-bond acceptors (Lipinski definition) is 4. The fourth-order valence-electron chi connectivity index (χ4n) is 2.34. The summed E-state index contributed by atoms with van der Waals surface area (Å²) < 4.78 is 11.5. The highest BCUT2D eigenvalue weighted by Crippen LogP contribution is 2.26. The van der Waals surface area contributed by atoms with Gasteiger partial charge in [-0.05, 0) is 36.4 Å². The van der Waals surface area contributed by atoms with Crippen LogP contribution in [0.3, 0.4) is 0 Å². The molecule has 0 atom stereocenters. The lowest BCUT2D eigenvalue weighted by Gasteiger charge is -2.23. The summed E-state index contributed by atoms with van der Waals surface area (Å²) in [4.78, 5) is 14.3. The molecule has 128 valence electrons. The highest BCUT2D eigenvalue weighted by atomic mass is 79.9. The maximum Gasteiger partial charge on any atom is 0.254 e. The van der Waals surface area contributed by atoms with Crippen molar-refractivity contribution in [3.8, 4) is 11.5 Å². The molecule has 0 saturated carbocycles. The number of methoxy groups -OCH3 is 2. The van der Waals surface area contributed by atoms with Crippen molar-refractivity contribution in [2.75, 3.05) is 27.4 Å². The molecule has 1 N–H and O–H groups in total. The van der Waals surface area contributed by atoms with E-state index in [1.165, 1.54) is 0 Å². The van der Waals surface area contributed by atoms with E-state index in [2.05, 4.69) is 15.9 Å². The number of ether oxygens (including phenoxy) is 2. The number of aliphatic hydroxyl groups excluding tert-OH is 1. The molecule has 2 aromatic rings. The molecule has 1 amide bonds. The summed E-state index contributed by atoms with van der Waals surface area (Å²) in [7, 11) is 3.16. The molecule has 0 aliphatic carbocycles. The molecule has 0 unspecified atom stereocenters. The van der Waals surface area contributed by atoms with Crippen molar-refractivity contribution in [1.82, 2.24) is 4.90 Å². The Kier molecular flexibility index (Phi) is 6.63. The second kappa shape index (κ2) is 8.70. The summed E-state index contributed by atoms with van der Waals surface area (Å²) in [6, 6.07) is 12.6. The van der Waals surface area contributed by atoms with Crippen molar-refractivity contribution in [1.29, 1.82) is 0 Å². The Balaban J connectivity index is 2.25. The predicted molar refractivity (Wildman–Crippen MR) is 95.5 cm³/mol. The monoisotopic (exact) mass is 393 g/mol. The number of hydrogen-bond donors (Lipinski definition) is 1. The lowest BCUT2D eigenvalue weighted by atomic mass is 10.1. The van der Waals surface area contributed by atoms with Crippen molar-refractivity contribution in [3.05, 3.63) is 58.1 Å². The summed E-state index contributed by atoms with van der Waals surface area (Å²) in [5, 5.41) is 9.31. The van der Waals surface area contributed by atoms with Crippen LogP contribution in [-0.2, 0) is 6.54 Å². The van der Waals surface area contributed by atoms with Gasteiger partial charge in [0, 0.05) is 34.8 Å². The van der Waals surface area contributed by atoms with Crippen molar-refractivity contribution in [3.63, 3.8) is 0 Å². The molecule has 0 aliphatic heterocycles. The Morgan fingerprint density at radius 1 is 1.12 bits per heavy atom. The molecule has 0 fully saturated rings. The molecule has 24 heavy (non-hydrogen) atoms. The van der Waals surface area contributed by atoms with E-state index >= 15 is 0 Å². The molecule has 0 spiro atoms. The molecule has 0 heterocycles. The van der Waals surface area contributed by atoms with Gasteiger partial charge in [-0.3, -0.25) is 4.79 Å². The number of nitrogens with zero attached hydrogens (tertiary/aromatic N) is 1. The zero-order chi connectivity index (χ0) is 17.5. The Morgan fingerprint density at radius 3 is 2.42 bits per heavy atom. The third kappa shape index (κ3) is 4.49. The molecule has 2 aromatic carbocycles. The van der Waals surface area contributed by atoms with Crippen molar-refractivity contribution >= 4 is 21.8 Å². The van der Waals surface area contributed by atoms with Gasteiger partial charge >= 0.3 is 0 Å². The molecule has 6 heteroatoms. The van der Waals surface area contributed by atoms with Crippen LogP contribution >= 0.6 is 15.9 Å². The van der Waals surface area contributed by atoms with E-state index in [1.807, 2.05) is 24.3 Å². The average molecular weight is 394 g/mol. The number of halogens is 1. The van der Waals surface area contributed by atoms with Gasteiger partial charge in [0.15, 0.2) is 0 Å². The second-order valence-corrected chi connectivity index (χ2v) is 6.05. The Labute approximate surface area is 149 Å². The number of aliphatic hydroxyl groups is 1. The number of carbonyl (C=O) groups excluding carboxylic acids is 1. The van der Waals surface area contributed by atoms with Crippen LogP contribution in [0.2, 0.25) is 0 Å². The van der Waals surface area contributed by atoms with Crippen molar-refractivity contribution in [2.24, 2.45) is 0 Å². The third-order valence-corrected chi connectivity index (χ3v) is 4.13. The van der Waals surface area contributed by atoms with E-state index in [-0.39, 0.29) is 19.1 Å². The van der Waals surface area contributed by atoms with Gasteiger partial charge in [-0.2, -0.15) is 0 Å². The highest BCUT2D eigenvalue weighted by Gasteiger charge is 2.18.